The lowest BCUT2D eigenvalue weighted by atomic mass is 10.0. The van der Waals surface area contributed by atoms with Crippen LogP contribution in [-0.4, -0.2) is 11.9 Å². The highest BCUT2D eigenvalue weighted by molar-refractivity contribution is 6.31. The molecule has 2 unspecified atom stereocenters. The molecule has 2 aromatic carbocycles. The van der Waals surface area contributed by atoms with Crippen molar-refractivity contribution in [3.05, 3.63) is 63.6 Å². The molecule has 1 aliphatic heterocycles. The summed E-state index contributed by atoms with van der Waals surface area (Å²) in [4.78, 5) is 12.5. The SMILES string of the molecule is Cc1ccc(Cl)cc1NC(=O)C1CC(c2ccccc2Cl)NN1. The predicted octanol–water partition coefficient (Wildman–Crippen LogP) is 3.85. The number of carbonyl (C=O) groups is 1. The standard InChI is InChI=1S/C17H17Cl2N3O/c1-10-6-7-11(18)8-14(10)20-17(23)16-9-15(21-22-16)12-4-2-3-5-13(12)19/h2-8,15-16,21-22H,9H2,1H3,(H,20,23). The molecule has 0 bridgehead atoms. The van der Waals surface area contributed by atoms with Gasteiger partial charge in [0.15, 0.2) is 0 Å². The highest BCUT2D eigenvalue weighted by atomic mass is 35.5. The van der Waals surface area contributed by atoms with E-state index in [2.05, 4.69) is 16.2 Å². The Balaban J connectivity index is 1.68. The largest absolute Gasteiger partial charge is 0.324 e. The molecule has 0 radical (unpaired) electrons. The van der Waals surface area contributed by atoms with Crippen LogP contribution < -0.4 is 16.2 Å². The van der Waals surface area contributed by atoms with Crippen molar-refractivity contribution >= 4 is 34.8 Å². The second kappa shape index (κ2) is 6.89. The minimum Gasteiger partial charge on any atom is -0.324 e. The van der Waals surface area contributed by atoms with E-state index in [1.165, 1.54) is 0 Å². The van der Waals surface area contributed by atoms with Crippen molar-refractivity contribution in [2.75, 3.05) is 5.32 Å². The molecule has 0 spiro atoms. The Bertz CT molecular complexity index is 736. The third-order valence-corrected chi connectivity index (χ3v) is 4.54. The van der Waals surface area contributed by atoms with Gasteiger partial charge < -0.3 is 5.32 Å². The van der Waals surface area contributed by atoms with Crippen molar-refractivity contribution in [3.8, 4) is 0 Å². The van der Waals surface area contributed by atoms with Crippen molar-refractivity contribution in [1.82, 2.24) is 10.9 Å². The maximum Gasteiger partial charge on any atom is 0.242 e. The molecule has 2 atom stereocenters. The Morgan fingerprint density at radius 1 is 1.17 bits per heavy atom. The summed E-state index contributed by atoms with van der Waals surface area (Å²) in [6, 6.07) is 12.7. The fraction of sp³-hybridized carbons (Fsp3) is 0.235. The highest BCUT2D eigenvalue weighted by Gasteiger charge is 2.31. The smallest absolute Gasteiger partial charge is 0.242 e. The number of hydrogen-bond acceptors (Lipinski definition) is 3. The quantitative estimate of drug-likeness (QED) is 0.788. The average Bonchev–Trinajstić information content (AvgIpc) is 3.01. The van der Waals surface area contributed by atoms with Crippen LogP contribution in [0.5, 0.6) is 0 Å². The number of aryl methyl sites for hydroxylation is 1. The monoisotopic (exact) mass is 349 g/mol. The maximum absolute atomic E-state index is 12.5. The van der Waals surface area contributed by atoms with Gasteiger partial charge in [-0.1, -0.05) is 47.5 Å². The molecule has 6 heteroatoms. The molecule has 1 amide bonds. The summed E-state index contributed by atoms with van der Waals surface area (Å²) >= 11 is 12.2. The molecule has 23 heavy (non-hydrogen) atoms. The van der Waals surface area contributed by atoms with Gasteiger partial charge in [0, 0.05) is 21.8 Å². The molecule has 3 rings (SSSR count). The molecule has 1 saturated heterocycles. The highest BCUT2D eigenvalue weighted by Crippen LogP contribution is 2.29. The lowest BCUT2D eigenvalue weighted by molar-refractivity contribution is -0.117. The Morgan fingerprint density at radius 3 is 2.74 bits per heavy atom. The molecule has 1 heterocycles. The molecule has 1 aliphatic rings. The summed E-state index contributed by atoms with van der Waals surface area (Å²) in [6.07, 6.45) is 0.620. The molecule has 1 fully saturated rings. The van der Waals surface area contributed by atoms with Crippen LogP contribution in [0.2, 0.25) is 10.0 Å². The zero-order valence-electron chi connectivity index (χ0n) is 12.6. The number of anilines is 1. The topological polar surface area (TPSA) is 53.2 Å². The number of carbonyl (C=O) groups excluding carboxylic acids is 1. The number of rotatable bonds is 3. The second-order valence-electron chi connectivity index (χ2n) is 5.60. The fourth-order valence-electron chi connectivity index (χ4n) is 2.64. The van der Waals surface area contributed by atoms with Crippen molar-refractivity contribution in [2.45, 2.75) is 25.4 Å². The van der Waals surface area contributed by atoms with E-state index < -0.39 is 0 Å². The van der Waals surface area contributed by atoms with Crippen LogP contribution in [0.4, 0.5) is 5.69 Å². The minimum absolute atomic E-state index is 0.0000849. The van der Waals surface area contributed by atoms with Crippen LogP contribution >= 0.6 is 23.2 Å². The molecule has 120 valence electrons. The van der Waals surface area contributed by atoms with Crippen molar-refractivity contribution in [2.24, 2.45) is 0 Å². The number of nitrogens with one attached hydrogen (secondary N) is 3. The summed E-state index contributed by atoms with van der Waals surface area (Å²) in [5.74, 6) is -0.0996. The maximum atomic E-state index is 12.5. The van der Waals surface area contributed by atoms with Gasteiger partial charge in [0.25, 0.3) is 0 Å². The Morgan fingerprint density at radius 2 is 1.96 bits per heavy atom. The van der Waals surface area contributed by atoms with Gasteiger partial charge in [-0.3, -0.25) is 4.79 Å². The van der Waals surface area contributed by atoms with Gasteiger partial charge in [0.1, 0.15) is 6.04 Å². The summed E-state index contributed by atoms with van der Waals surface area (Å²) in [7, 11) is 0. The van der Waals surface area contributed by atoms with Gasteiger partial charge in [-0.15, -0.1) is 0 Å². The first-order chi connectivity index (χ1) is 11.0. The first-order valence-corrected chi connectivity index (χ1v) is 8.12. The Hall–Kier alpha value is -1.59. The van der Waals surface area contributed by atoms with E-state index in [0.29, 0.717) is 16.5 Å². The molecular formula is C17H17Cl2N3O. The van der Waals surface area contributed by atoms with Crippen LogP contribution in [0.15, 0.2) is 42.5 Å². The summed E-state index contributed by atoms with van der Waals surface area (Å²) in [6.45, 7) is 1.93. The molecule has 4 nitrogen and oxygen atoms in total. The second-order valence-corrected chi connectivity index (χ2v) is 6.44. The van der Waals surface area contributed by atoms with E-state index in [-0.39, 0.29) is 18.0 Å². The van der Waals surface area contributed by atoms with E-state index in [4.69, 9.17) is 23.2 Å². The summed E-state index contributed by atoms with van der Waals surface area (Å²) < 4.78 is 0. The number of benzene rings is 2. The van der Waals surface area contributed by atoms with Gasteiger partial charge in [0.2, 0.25) is 5.91 Å². The number of hydrazine groups is 1. The van der Waals surface area contributed by atoms with Gasteiger partial charge in [-0.25, -0.2) is 10.9 Å². The summed E-state index contributed by atoms with van der Waals surface area (Å²) in [5, 5.41) is 4.21. The summed E-state index contributed by atoms with van der Waals surface area (Å²) in [5.41, 5.74) is 8.85. The first-order valence-electron chi connectivity index (χ1n) is 7.37. The van der Waals surface area contributed by atoms with Crippen LogP contribution in [0.1, 0.15) is 23.6 Å². The lowest BCUT2D eigenvalue weighted by Gasteiger charge is -2.13. The zero-order chi connectivity index (χ0) is 16.4. The predicted molar refractivity (Wildman–Crippen MR) is 93.7 cm³/mol. The van der Waals surface area contributed by atoms with Gasteiger partial charge in [-0.05, 0) is 42.7 Å². The van der Waals surface area contributed by atoms with E-state index in [0.717, 1.165) is 16.8 Å². The first kappa shape index (κ1) is 16.3. The van der Waals surface area contributed by atoms with E-state index in [1.807, 2.05) is 37.3 Å². The molecular weight excluding hydrogens is 333 g/mol. The van der Waals surface area contributed by atoms with Crippen molar-refractivity contribution in [1.29, 1.82) is 0 Å². The van der Waals surface area contributed by atoms with Crippen LogP contribution in [-0.2, 0) is 4.79 Å². The Kier molecular flexibility index (Phi) is 4.87. The van der Waals surface area contributed by atoms with Gasteiger partial charge >= 0.3 is 0 Å². The molecule has 3 N–H and O–H groups in total. The number of amides is 1. The van der Waals surface area contributed by atoms with Gasteiger partial charge in [0.05, 0.1) is 0 Å². The molecule has 0 aliphatic carbocycles. The number of hydrogen-bond donors (Lipinski definition) is 3. The third kappa shape index (κ3) is 3.67. The van der Waals surface area contributed by atoms with Crippen LogP contribution in [0.3, 0.4) is 0 Å². The van der Waals surface area contributed by atoms with Gasteiger partial charge in [-0.2, -0.15) is 0 Å². The van der Waals surface area contributed by atoms with Crippen LogP contribution in [0, 0.1) is 6.92 Å². The Labute approximate surface area is 145 Å². The molecule has 0 aromatic heterocycles. The van der Waals surface area contributed by atoms with Crippen LogP contribution in [0.25, 0.3) is 0 Å². The molecule has 0 saturated carbocycles. The average molecular weight is 350 g/mol. The van der Waals surface area contributed by atoms with E-state index >= 15 is 0 Å². The zero-order valence-corrected chi connectivity index (χ0v) is 14.1. The van der Waals surface area contributed by atoms with E-state index in [1.54, 1.807) is 12.1 Å². The lowest BCUT2D eigenvalue weighted by Crippen LogP contribution is -2.39. The number of halogens is 2. The van der Waals surface area contributed by atoms with Crippen molar-refractivity contribution < 1.29 is 4.79 Å². The molecule has 2 aromatic rings. The fourth-order valence-corrected chi connectivity index (χ4v) is 3.08. The van der Waals surface area contributed by atoms with E-state index in [9.17, 15) is 4.79 Å². The normalized spacial score (nSPS) is 20.5. The minimum atomic E-state index is -0.338. The third-order valence-electron chi connectivity index (χ3n) is 3.96. The van der Waals surface area contributed by atoms with Crippen molar-refractivity contribution in [3.63, 3.8) is 0 Å².